The molecule has 2 N–H and O–H groups in total. The van der Waals surface area contributed by atoms with E-state index in [1.807, 2.05) is 0 Å². The standard InChI is InChI=1S/C13H21NO2.C9H13N/c1-3-14(7-9-16-10-8-15)13-6-4-5-12(2)11-13;1-3-10-9-6-4-5-8(2)7-9/h4-6,11,15H,3,7-10H2,1-2H3;4-7,10H,3H2,1-2H3. The molecule has 0 atom stereocenters. The molecule has 0 saturated heterocycles. The number of aliphatic hydroxyl groups is 1. The summed E-state index contributed by atoms with van der Waals surface area (Å²) in [7, 11) is 0. The van der Waals surface area contributed by atoms with Crippen LogP contribution in [0.25, 0.3) is 0 Å². The van der Waals surface area contributed by atoms with Gasteiger partial charge < -0.3 is 20.1 Å². The molecule has 0 unspecified atom stereocenters. The average Bonchev–Trinajstić information content (AvgIpc) is 2.63. The number of benzene rings is 2. The second-order valence-electron chi connectivity index (χ2n) is 6.15. The van der Waals surface area contributed by atoms with Gasteiger partial charge in [0.1, 0.15) is 0 Å². The van der Waals surface area contributed by atoms with E-state index < -0.39 is 0 Å². The van der Waals surface area contributed by atoms with Crippen LogP contribution in [-0.2, 0) is 4.74 Å². The van der Waals surface area contributed by atoms with E-state index in [1.165, 1.54) is 22.5 Å². The lowest BCUT2D eigenvalue weighted by molar-refractivity contribution is 0.0967. The third-order valence-corrected chi connectivity index (χ3v) is 3.89. The first-order valence-corrected chi connectivity index (χ1v) is 9.41. The molecule has 2 rings (SSSR count). The molecule has 0 radical (unpaired) electrons. The number of ether oxygens (including phenoxy) is 1. The fraction of sp³-hybridized carbons (Fsp3) is 0.455. The van der Waals surface area contributed by atoms with Crippen LogP contribution in [0.4, 0.5) is 11.4 Å². The lowest BCUT2D eigenvalue weighted by Gasteiger charge is -2.23. The Morgan fingerprint density at radius 3 is 2.23 bits per heavy atom. The zero-order valence-electron chi connectivity index (χ0n) is 16.7. The largest absolute Gasteiger partial charge is 0.394 e. The van der Waals surface area contributed by atoms with Crippen LogP contribution in [0, 0.1) is 13.8 Å². The van der Waals surface area contributed by atoms with Gasteiger partial charge in [-0.05, 0) is 63.1 Å². The molecule has 2 aromatic rings. The summed E-state index contributed by atoms with van der Waals surface area (Å²) in [6.07, 6.45) is 0. The maximum absolute atomic E-state index is 8.60. The highest BCUT2D eigenvalue weighted by atomic mass is 16.5. The molecule has 144 valence electrons. The molecule has 0 aliphatic carbocycles. The fourth-order valence-electron chi connectivity index (χ4n) is 2.59. The maximum atomic E-state index is 8.60. The fourth-order valence-corrected chi connectivity index (χ4v) is 2.59. The van der Waals surface area contributed by atoms with Crippen LogP contribution in [0.3, 0.4) is 0 Å². The number of rotatable bonds is 9. The number of nitrogens with zero attached hydrogens (tertiary/aromatic N) is 1. The molecule has 4 nitrogen and oxygen atoms in total. The van der Waals surface area contributed by atoms with Crippen molar-refractivity contribution in [3.63, 3.8) is 0 Å². The second-order valence-corrected chi connectivity index (χ2v) is 6.15. The van der Waals surface area contributed by atoms with Gasteiger partial charge in [0.15, 0.2) is 0 Å². The third-order valence-electron chi connectivity index (χ3n) is 3.89. The van der Waals surface area contributed by atoms with E-state index in [0.29, 0.717) is 13.2 Å². The highest BCUT2D eigenvalue weighted by molar-refractivity contribution is 5.48. The normalized spacial score (nSPS) is 10.0. The minimum Gasteiger partial charge on any atom is -0.394 e. The van der Waals surface area contributed by atoms with Crippen LogP contribution in [0.1, 0.15) is 25.0 Å². The average molecular weight is 359 g/mol. The van der Waals surface area contributed by atoms with Crippen LogP contribution < -0.4 is 10.2 Å². The Morgan fingerprint density at radius 1 is 0.962 bits per heavy atom. The zero-order valence-corrected chi connectivity index (χ0v) is 16.7. The second kappa shape index (κ2) is 13.2. The lowest BCUT2D eigenvalue weighted by Crippen LogP contribution is -2.27. The molecule has 0 amide bonds. The van der Waals surface area contributed by atoms with Gasteiger partial charge in [-0.3, -0.25) is 0 Å². The topological polar surface area (TPSA) is 44.7 Å². The Hall–Kier alpha value is -2.04. The molecule has 0 aliphatic rings. The van der Waals surface area contributed by atoms with Gasteiger partial charge in [0, 0.05) is 31.0 Å². The Balaban J connectivity index is 0.000000289. The summed E-state index contributed by atoms with van der Waals surface area (Å²) in [6, 6.07) is 16.8. The molecule has 0 bridgehead atoms. The van der Waals surface area contributed by atoms with Crippen molar-refractivity contribution < 1.29 is 9.84 Å². The summed E-state index contributed by atoms with van der Waals surface area (Å²) in [5.74, 6) is 0. The van der Waals surface area contributed by atoms with Crippen molar-refractivity contribution in [2.75, 3.05) is 49.7 Å². The predicted octanol–water partition coefficient (Wildman–Crippen LogP) is 4.26. The lowest BCUT2D eigenvalue weighted by atomic mass is 10.2. The summed E-state index contributed by atoms with van der Waals surface area (Å²) in [4.78, 5) is 2.27. The van der Waals surface area contributed by atoms with Gasteiger partial charge in [-0.1, -0.05) is 24.3 Å². The zero-order chi connectivity index (χ0) is 19.2. The third kappa shape index (κ3) is 8.88. The molecular weight excluding hydrogens is 324 g/mol. The molecule has 0 heterocycles. The first-order valence-electron chi connectivity index (χ1n) is 9.41. The van der Waals surface area contributed by atoms with E-state index >= 15 is 0 Å². The van der Waals surface area contributed by atoms with Crippen LogP contribution >= 0.6 is 0 Å². The van der Waals surface area contributed by atoms with E-state index in [4.69, 9.17) is 9.84 Å². The monoisotopic (exact) mass is 358 g/mol. The van der Waals surface area contributed by atoms with Gasteiger partial charge in [-0.25, -0.2) is 0 Å². The molecular formula is C22H34N2O2. The predicted molar refractivity (Wildman–Crippen MR) is 112 cm³/mol. The number of likely N-dealkylation sites (N-methyl/N-ethyl adjacent to an activating group) is 1. The molecule has 4 heteroatoms. The van der Waals surface area contributed by atoms with E-state index in [1.54, 1.807) is 0 Å². The van der Waals surface area contributed by atoms with Crippen molar-refractivity contribution in [2.24, 2.45) is 0 Å². The number of aliphatic hydroxyl groups excluding tert-OH is 1. The summed E-state index contributed by atoms with van der Waals surface area (Å²) < 4.78 is 5.28. The van der Waals surface area contributed by atoms with Crippen LogP contribution in [-0.4, -0.2) is 44.6 Å². The highest BCUT2D eigenvalue weighted by Crippen LogP contribution is 2.15. The summed E-state index contributed by atoms with van der Waals surface area (Å²) in [5, 5.41) is 11.9. The molecule has 0 fully saturated rings. The van der Waals surface area contributed by atoms with Crippen LogP contribution in [0.2, 0.25) is 0 Å². The van der Waals surface area contributed by atoms with Crippen molar-refractivity contribution in [1.82, 2.24) is 0 Å². The van der Waals surface area contributed by atoms with Crippen LogP contribution in [0.5, 0.6) is 0 Å². The quantitative estimate of drug-likeness (QED) is 0.658. The minimum absolute atomic E-state index is 0.0938. The number of nitrogens with one attached hydrogen (secondary N) is 1. The Bertz CT molecular complexity index is 617. The SMILES string of the molecule is CCN(CCOCCO)c1cccc(C)c1.CCNc1cccc(C)c1. The molecule has 0 aromatic heterocycles. The van der Waals surface area contributed by atoms with E-state index in [2.05, 4.69) is 86.4 Å². The first kappa shape index (κ1) is 22.0. The van der Waals surface area contributed by atoms with Crippen LogP contribution in [0.15, 0.2) is 48.5 Å². The van der Waals surface area contributed by atoms with Gasteiger partial charge in [-0.2, -0.15) is 0 Å². The van der Waals surface area contributed by atoms with Gasteiger partial charge in [0.25, 0.3) is 0 Å². The molecule has 26 heavy (non-hydrogen) atoms. The Labute approximate surface area is 158 Å². The number of aryl methyl sites for hydroxylation is 2. The number of hydrogen-bond donors (Lipinski definition) is 2. The summed E-state index contributed by atoms with van der Waals surface area (Å²) >= 11 is 0. The van der Waals surface area contributed by atoms with E-state index in [9.17, 15) is 0 Å². The first-order chi connectivity index (χ1) is 12.6. The van der Waals surface area contributed by atoms with Crippen molar-refractivity contribution in [2.45, 2.75) is 27.7 Å². The highest BCUT2D eigenvalue weighted by Gasteiger charge is 2.03. The molecule has 2 aromatic carbocycles. The van der Waals surface area contributed by atoms with Crippen molar-refractivity contribution in [3.05, 3.63) is 59.7 Å². The Morgan fingerprint density at radius 2 is 1.65 bits per heavy atom. The van der Waals surface area contributed by atoms with Crippen molar-refractivity contribution in [3.8, 4) is 0 Å². The van der Waals surface area contributed by atoms with Gasteiger partial charge in [0.2, 0.25) is 0 Å². The van der Waals surface area contributed by atoms with Gasteiger partial charge in [0.05, 0.1) is 19.8 Å². The van der Waals surface area contributed by atoms with E-state index in [0.717, 1.165) is 19.6 Å². The molecule has 0 aliphatic heterocycles. The van der Waals surface area contributed by atoms with Gasteiger partial charge in [-0.15, -0.1) is 0 Å². The minimum atomic E-state index is 0.0938. The number of anilines is 2. The maximum Gasteiger partial charge on any atom is 0.0698 e. The van der Waals surface area contributed by atoms with E-state index in [-0.39, 0.29) is 6.61 Å². The molecule has 0 spiro atoms. The molecule has 0 saturated carbocycles. The van der Waals surface area contributed by atoms with Gasteiger partial charge >= 0.3 is 0 Å². The smallest absolute Gasteiger partial charge is 0.0698 e. The number of hydrogen-bond acceptors (Lipinski definition) is 4. The Kier molecular flexibility index (Phi) is 11.2. The summed E-state index contributed by atoms with van der Waals surface area (Å²) in [5.41, 5.74) is 5.02. The van der Waals surface area contributed by atoms with Crippen molar-refractivity contribution >= 4 is 11.4 Å². The summed E-state index contributed by atoms with van der Waals surface area (Å²) in [6.45, 7) is 12.4. The van der Waals surface area contributed by atoms with Crippen molar-refractivity contribution in [1.29, 1.82) is 0 Å².